The molecule has 0 aromatic heterocycles. The van der Waals surface area contributed by atoms with Crippen molar-refractivity contribution in [3.05, 3.63) is 0 Å². The van der Waals surface area contributed by atoms with Crippen LogP contribution in [0, 0.1) is 17.2 Å². The van der Waals surface area contributed by atoms with Gasteiger partial charge in [-0.2, -0.15) is 5.26 Å². The minimum Gasteiger partial charge on any atom is -0.480 e. The molecule has 1 atom stereocenters. The molecule has 1 aliphatic rings. The highest BCUT2D eigenvalue weighted by Gasteiger charge is 2.49. The molecular formula is C12H19N3O3. The van der Waals surface area contributed by atoms with Crippen molar-refractivity contribution in [2.45, 2.75) is 38.6 Å². The largest absolute Gasteiger partial charge is 0.480 e. The Morgan fingerprint density at radius 3 is 2.56 bits per heavy atom. The lowest BCUT2D eigenvalue weighted by Gasteiger charge is -2.30. The quantitative estimate of drug-likeness (QED) is 0.743. The lowest BCUT2D eigenvalue weighted by atomic mass is 9.96. The van der Waals surface area contributed by atoms with Crippen LogP contribution in [0.1, 0.15) is 33.1 Å². The molecule has 1 unspecified atom stereocenters. The molecule has 0 aromatic carbocycles. The number of nitrogens with zero attached hydrogens (tertiary/aromatic N) is 2. The van der Waals surface area contributed by atoms with Crippen LogP contribution in [0.4, 0.5) is 4.79 Å². The zero-order chi connectivity index (χ0) is 13.8. The third-order valence-electron chi connectivity index (χ3n) is 3.37. The molecule has 1 fully saturated rings. The van der Waals surface area contributed by atoms with Crippen LogP contribution in [0.25, 0.3) is 0 Å². The van der Waals surface area contributed by atoms with Gasteiger partial charge < -0.3 is 15.3 Å². The molecule has 100 valence electrons. The predicted octanol–water partition coefficient (Wildman–Crippen LogP) is 1.18. The van der Waals surface area contributed by atoms with Crippen LogP contribution in [0.5, 0.6) is 0 Å². The molecule has 1 rings (SSSR count). The van der Waals surface area contributed by atoms with E-state index in [1.54, 1.807) is 13.8 Å². The first-order valence-corrected chi connectivity index (χ1v) is 6.13. The van der Waals surface area contributed by atoms with E-state index < -0.39 is 17.5 Å². The van der Waals surface area contributed by atoms with Gasteiger partial charge in [0.1, 0.15) is 5.54 Å². The summed E-state index contributed by atoms with van der Waals surface area (Å²) in [5, 5.41) is 20.3. The lowest BCUT2D eigenvalue weighted by molar-refractivity contribution is -0.144. The van der Waals surface area contributed by atoms with Crippen molar-refractivity contribution in [3.8, 4) is 6.07 Å². The number of carboxylic acid groups (broad SMARTS) is 1. The third kappa shape index (κ3) is 3.13. The topological polar surface area (TPSA) is 93.4 Å². The molecule has 0 radical (unpaired) electrons. The van der Waals surface area contributed by atoms with Gasteiger partial charge in [-0.25, -0.2) is 9.59 Å². The molecule has 0 saturated heterocycles. The second-order valence-electron chi connectivity index (χ2n) is 4.70. The van der Waals surface area contributed by atoms with E-state index in [4.69, 9.17) is 5.26 Å². The van der Waals surface area contributed by atoms with Gasteiger partial charge >= 0.3 is 12.0 Å². The van der Waals surface area contributed by atoms with Crippen molar-refractivity contribution in [2.75, 3.05) is 13.1 Å². The number of urea groups is 1. The number of nitrogens with one attached hydrogen (secondary N) is 1. The number of rotatable bonds is 6. The number of amides is 2. The molecular weight excluding hydrogens is 234 g/mol. The minimum absolute atomic E-state index is 0.00798. The van der Waals surface area contributed by atoms with Crippen LogP contribution in [-0.4, -0.2) is 40.6 Å². The smallest absolute Gasteiger partial charge is 0.329 e. The van der Waals surface area contributed by atoms with Gasteiger partial charge in [-0.3, -0.25) is 0 Å². The minimum atomic E-state index is -1.20. The van der Waals surface area contributed by atoms with E-state index in [-0.39, 0.29) is 12.3 Å². The number of hydrogen-bond donors (Lipinski definition) is 2. The molecule has 2 N–H and O–H groups in total. The number of nitriles is 1. The number of aliphatic carboxylic acids is 1. The Balaban J connectivity index is 2.66. The fourth-order valence-corrected chi connectivity index (χ4v) is 1.88. The average Bonchev–Trinajstić information content (AvgIpc) is 3.13. The van der Waals surface area contributed by atoms with E-state index in [9.17, 15) is 14.7 Å². The summed E-state index contributed by atoms with van der Waals surface area (Å²) in [5.41, 5.74) is -1.20. The van der Waals surface area contributed by atoms with Crippen molar-refractivity contribution >= 4 is 12.0 Å². The second kappa shape index (κ2) is 5.71. The highest BCUT2D eigenvalue weighted by molar-refractivity contribution is 5.86. The van der Waals surface area contributed by atoms with Crippen LogP contribution in [0.3, 0.4) is 0 Å². The maximum Gasteiger partial charge on any atom is 0.329 e. The van der Waals surface area contributed by atoms with Gasteiger partial charge in [-0.05, 0) is 32.6 Å². The average molecular weight is 253 g/mol. The maximum atomic E-state index is 12.0. The Kier molecular flexibility index (Phi) is 4.54. The summed E-state index contributed by atoms with van der Waals surface area (Å²) in [6.45, 7) is 4.11. The summed E-state index contributed by atoms with van der Waals surface area (Å²) in [7, 11) is 0. The van der Waals surface area contributed by atoms with E-state index in [1.807, 2.05) is 6.07 Å². The van der Waals surface area contributed by atoms with Crippen molar-refractivity contribution in [3.63, 3.8) is 0 Å². The summed E-state index contributed by atoms with van der Waals surface area (Å²) >= 11 is 0. The third-order valence-corrected chi connectivity index (χ3v) is 3.37. The first kappa shape index (κ1) is 14.3. The first-order chi connectivity index (χ1) is 8.45. The van der Waals surface area contributed by atoms with Gasteiger partial charge in [-0.15, -0.1) is 0 Å². The van der Waals surface area contributed by atoms with Crippen molar-refractivity contribution < 1.29 is 14.7 Å². The highest BCUT2D eigenvalue weighted by atomic mass is 16.4. The van der Waals surface area contributed by atoms with E-state index in [2.05, 4.69) is 5.32 Å². The Bertz CT molecular complexity index is 373. The molecule has 6 nitrogen and oxygen atoms in total. The molecule has 1 saturated carbocycles. The highest BCUT2D eigenvalue weighted by Crippen LogP contribution is 2.39. The molecule has 0 aromatic rings. The molecule has 1 aliphatic carbocycles. The van der Waals surface area contributed by atoms with Crippen LogP contribution >= 0.6 is 0 Å². The van der Waals surface area contributed by atoms with Crippen LogP contribution in [-0.2, 0) is 4.79 Å². The zero-order valence-corrected chi connectivity index (χ0v) is 10.8. The summed E-state index contributed by atoms with van der Waals surface area (Å²) in [6, 6.07) is 1.56. The van der Waals surface area contributed by atoms with Gasteiger partial charge in [0.2, 0.25) is 0 Å². The molecule has 6 heteroatoms. The second-order valence-corrected chi connectivity index (χ2v) is 4.70. The number of carboxylic acids is 1. The van der Waals surface area contributed by atoms with Gasteiger partial charge in [0.15, 0.2) is 0 Å². The van der Waals surface area contributed by atoms with E-state index in [0.717, 1.165) is 12.8 Å². The monoisotopic (exact) mass is 253 g/mol. The Morgan fingerprint density at radius 1 is 1.56 bits per heavy atom. The number of carbonyl (C=O) groups excluding carboxylic acids is 1. The summed E-state index contributed by atoms with van der Waals surface area (Å²) in [6.07, 6.45) is 1.90. The lowest BCUT2D eigenvalue weighted by Crippen LogP contribution is -2.57. The van der Waals surface area contributed by atoms with Gasteiger partial charge in [0.25, 0.3) is 0 Å². The van der Waals surface area contributed by atoms with E-state index in [0.29, 0.717) is 13.1 Å². The van der Waals surface area contributed by atoms with Crippen molar-refractivity contribution in [2.24, 2.45) is 5.92 Å². The molecule has 0 bridgehead atoms. The Morgan fingerprint density at radius 2 is 2.17 bits per heavy atom. The fraction of sp³-hybridized carbons (Fsp3) is 0.750. The first-order valence-electron chi connectivity index (χ1n) is 6.13. The SMILES string of the molecule is CCN(CCC#N)C(=O)NC(C)(C(=O)O)C1CC1. The summed E-state index contributed by atoms with van der Waals surface area (Å²) < 4.78 is 0. The zero-order valence-electron chi connectivity index (χ0n) is 10.8. The maximum absolute atomic E-state index is 12.0. The molecule has 2 amide bonds. The number of hydrogen-bond acceptors (Lipinski definition) is 3. The predicted molar refractivity (Wildman–Crippen MR) is 64.8 cm³/mol. The number of carbonyl (C=O) groups is 2. The van der Waals surface area contributed by atoms with E-state index in [1.165, 1.54) is 4.90 Å². The molecule has 0 heterocycles. The Labute approximate surface area is 107 Å². The molecule has 18 heavy (non-hydrogen) atoms. The van der Waals surface area contributed by atoms with Crippen molar-refractivity contribution in [1.29, 1.82) is 5.26 Å². The van der Waals surface area contributed by atoms with Gasteiger partial charge in [0, 0.05) is 13.1 Å². The fourth-order valence-electron chi connectivity index (χ4n) is 1.88. The van der Waals surface area contributed by atoms with Crippen LogP contribution < -0.4 is 5.32 Å². The standard InChI is InChI=1S/C12H19N3O3/c1-3-15(8-4-7-13)11(18)14-12(2,10(16)17)9-5-6-9/h9H,3-6,8H2,1-2H3,(H,14,18)(H,16,17). The normalized spacial score (nSPS) is 17.4. The Hall–Kier alpha value is -1.77. The van der Waals surface area contributed by atoms with Gasteiger partial charge in [0.05, 0.1) is 12.5 Å². The van der Waals surface area contributed by atoms with Gasteiger partial charge in [-0.1, -0.05) is 0 Å². The van der Waals surface area contributed by atoms with Crippen LogP contribution in [0.15, 0.2) is 0 Å². The summed E-state index contributed by atoms with van der Waals surface area (Å²) in [4.78, 5) is 24.7. The summed E-state index contributed by atoms with van der Waals surface area (Å²) in [5.74, 6) is -0.997. The van der Waals surface area contributed by atoms with E-state index >= 15 is 0 Å². The molecule has 0 spiro atoms. The van der Waals surface area contributed by atoms with Crippen LogP contribution in [0.2, 0.25) is 0 Å². The molecule has 0 aliphatic heterocycles. The van der Waals surface area contributed by atoms with Crippen molar-refractivity contribution in [1.82, 2.24) is 10.2 Å².